The van der Waals surface area contributed by atoms with Crippen molar-refractivity contribution in [2.45, 2.75) is 43.4 Å². The maximum absolute atomic E-state index is 13.4. The SMILES string of the molecule is O=C(C[C@@]1(COc2ccc(Cl)cc2)CCCN(S(=O)(=O)c2cccc(Cl)c2)C1)N1CCCCC1. The van der Waals surface area contributed by atoms with E-state index in [4.69, 9.17) is 27.9 Å². The lowest BCUT2D eigenvalue weighted by Gasteiger charge is -2.42. The van der Waals surface area contributed by atoms with Crippen LogP contribution in [0, 0.1) is 5.41 Å². The summed E-state index contributed by atoms with van der Waals surface area (Å²) >= 11 is 12.1. The zero-order valence-electron chi connectivity index (χ0n) is 19.1. The van der Waals surface area contributed by atoms with E-state index in [9.17, 15) is 13.2 Å². The number of hydrogen-bond donors (Lipinski definition) is 0. The number of piperidine rings is 2. The average Bonchev–Trinajstić information content (AvgIpc) is 2.84. The Labute approximate surface area is 211 Å². The Bertz CT molecular complexity index is 1100. The molecule has 0 bridgehead atoms. The molecule has 1 atom stereocenters. The summed E-state index contributed by atoms with van der Waals surface area (Å²) in [6.45, 7) is 2.38. The molecule has 6 nitrogen and oxygen atoms in total. The number of hydrogen-bond acceptors (Lipinski definition) is 4. The summed E-state index contributed by atoms with van der Waals surface area (Å²) < 4.78 is 34.5. The van der Waals surface area contributed by atoms with Crippen LogP contribution in [0.4, 0.5) is 0 Å². The first kappa shape index (κ1) is 25.3. The molecule has 0 N–H and O–H groups in total. The molecule has 2 fully saturated rings. The molecule has 2 aliphatic rings. The van der Waals surface area contributed by atoms with Gasteiger partial charge in [-0.3, -0.25) is 4.79 Å². The third kappa shape index (κ3) is 6.06. The van der Waals surface area contributed by atoms with Gasteiger partial charge in [-0.1, -0.05) is 29.3 Å². The molecule has 0 spiro atoms. The summed E-state index contributed by atoms with van der Waals surface area (Å²) in [6, 6.07) is 13.4. The van der Waals surface area contributed by atoms with Crippen LogP contribution in [0.2, 0.25) is 10.0 Å². The Morgan fingerprint density at radius 1 is 0.941 bits per heavy atom. The fourth-order valence-electron chi connectivity index (χ4n) is 4.80. The molecule has 9 heteroatoms. The predicted octanol–water partition coefficient (Wildman–Crippen LogP) is 5.25. The van der Waals surface area contributed by atoms with Crippen LogP contribution in [0.5, 0.6) is 5.75 Å². The van der Waals surface area contributed by atoms with Gasteiger partial charge in [-0.25, -0.2) is 8.42 Å². The number of likely N-dealkylation sites (tertiary alicyclic amines) is 1. The minimum absolute atomic E-state index is 0.0707. The summed E-state index contributed by atoms with van der Waals surface area (Å²) in [6.07, 6.45) is 4.77. The normalized spacial score (nSPS) is 21.9. The standard InChI is InChI=1S/C25H30Cl2N2O4S/c26-20-8-10-22(11-9-20)33-19-25(17-24(30)28-13-2-1-3-14-28)12-5-15-29(18-25)34(31,32)23-7-4-6-21(27)16-23/h4,6-11,16H,1-3,5,12-15,17-19H2/t25-/m0/s1. The molecule has 0 aromatic heterocycles. The number of rotatable bonds is 7. The van der Waals surface area contributed by atoms with Gasteiger partial charge in [0.25, 0.3) is 0 Å². The van der Waals surface area contributed by atoms with Gasteiger partial charge in [-0.15, -0.1) is 0 Å². The lowest BCUT2D eigenvalue weighted by atomic mass is 9.78. The van der Waals surface area contributed by atoms with Crippen LogP contribution < -0.4 is 4.74 Å². The molecule has 2 heterocycles. The van der Waals surface area contributed by atoms with Crippen molar-refractivity contribution in [1.29, 1.82) is 0 Å². The molecule has 0 radical (unpaired) electrons. The van der Waals surface area contributed by atoms with Gasteiger partial charge in [0.1, 0.15) is 5.75 Å². The maximum Gasteiger partial charge on any atom is 0.243 e. The van der Waals surface area contributed by atoms with Crippen LogP contribution in [0.15, 0.2) is 53.4 Å². The van der Waals surface area contributed by atoms with E-state index in [0.717, 1.165) is 32.4 Å². The number of nitrogens with zero attached hydrogens (tertiary/aromatic N) is 2. The molecule has 1 amide bonds. The molecular weight excluding hydrogens is 495 g/mol. The van der Waals surface area contributed by atoms with Gasteiger partial charge in [0.15, 0.2) is 0 Å². The van der Waals surface area contributed by atoms with Crippen LogP contribution in [0.1, 0.15) is 38.5 Å². The van der Waals surface area contributed by atoms with E-state index >= 15 is 0 Å². The molecule has 184 valence electrons. The molecule has 0 unspecified atom stereocenters. The van der Waals surface area contributed by atoms with Crippen LogP contribution in [-0.4, -0.2) is 56.3 Å². The minimum Gasteiger partial charge on any atom is -0.493 e. The first-order valence-corrected chi connectivity index (χ1v) is 13.9. The van der Waals surface area contributed by atoms with Gasteiger partial charge in [0.05, 0.1) is 11.5 Å². The van der Waals surface area contributed by atoms with Crippen LogP contribution in [0.3, 0.4) is 0 Å². The average molecular weight is 525 g/mol. The highest BCUT2D eigenvalue weighted by Crippen LogP contribution is 2.38. The number of carbonyl (C=O) groups is 1. The van der Waals surface area contributed by atoms with Crippen molar-refractivity contribution in [1.82, 2.24) is 9.21 Å². The lowest BCUT2D eigenvalue weighted by molar-refractivity contribution is -0.136. The first-order valence-electron chi connectivity index (χ1n) is 11.7. The zero-order valence-corrected chi connectivity index (χ0v) is 21.4. The summed E-state index contributed by atoms with van der Waals surface area (Å²) in [5.41, 5.74) is -0.627. The molecule has 0 saturated carbocycles. The summed E-state index contributed by atoms with van der Waals surface area (Å²) in [4.78, 5) is 15.3. The van der Waals surface area contributed by atoms with Crippen LogP contribution in [0.25, 0.3) is 0 Å². The highest BCUT2D eigenvalue weighted by atomic mass is 35.5. The first-order chi connectivity index (χ1) is 16.3. The molecule has 2 aliphatic heterocycles. The second-order valence-electron chi connectivity index (χ2n) is 9.26. The Morgan fingerprint density at radius 2 is 1.68 bits per heavy atom. The number of halogens is 2. The van der Waals surface area contributed by atoms with Crippen LogP contribution in [-0.2, 0) is 14.8 Å². The monoisotopic (exact) mass is 524 g/mol. The molecule has 4 rings (SSSR count). The number of benzene rings is 2. The highest BCUT2D eigenvalue weighted by Gasteiger charge is 2.43. The van der Waals surface area contributed by atoms with Crippen molar-refractivity contribution < 1.29 is 17.9 Å². The smallest absolute Gasteiger partial charge is 0.243 e. The van der Waals surface area contributed by atoms with Crippen molar-refractivity contribution in [3.63, 3.8) is 0 Å². The van der Waals surface area contributed by atoms with E-state index in [1.165, 1.54) is 10.4 Å². The Kier molecular flexibility index (Phi) is 8.08. The molecule has 2 aromatic rings. The fraction of sp³-hybridized carbons (Fsp3) is 0.480. The van der Waals surface area contributed by atoms with Gasteiger partial charge in [-0.2, -0.15) is 4.31 Å². The van der Waals surface area contributed by atoms with Crippen molar-refractivity contribution in [3.05, 3.63) is 58.6 Å². The van der Waals surface area contributed by atoms with Crippen LogP contribution >= 0.6 is 23.2 Å². The quantitative estimate of drug-likeness (QED) is 0.496. The topological polar surface area (TPSA) is 66.9 Å². The summed E-state index contributed by atoms with van der Waals surface area (Å²) in [7, 11) is -3.75. The zero-order chi connectivity index (χ0) is 24.2. The van der Waals surface area contributed by atoms with E-state index < -0.39 is 15.4 Å². The Morgan fingerprint density at radius 3 is 2.38 bits per heavy atom. The predicted molar refractivity (Wildman–Crippen MR) is 134 cm³/mol. The number of amides is 1. The third-order valence-electron chi connectivity index (χ3n) is 6.65. The highest BCUT2D eigenvalue weighted by molar-refractivity contribution is 7.89. The van der Waals surface area contributed by atoms with Gasteiger partial charge < -0.3 is 9.64 Å². The van der Waals surface area contributed by atoms with Gasteiger partial charge in [0, 0.05) is 48.1 Å². The van der Waals surface area contributed by atoms with Crippen molar-refractivity contribution in [2.24, 2.45) is 5.41 Å². The van der Waals surface area contributed by atoms with Gasteiger partial charge in [0.2, 0.25) is 15.9 Å². The lowest BCUT2D eigenvalue weighted by Crippen LogP contribution is -2.51. The Hall–Kier alpha value is -1.80. The largest absolute Gasteiger partial charge is 0.493 e. The van der Waals surface area contributed by atoms with Crippen molar-refractivity contribution in [3.8, 4) is 5.75 Å². The van der Waals surface area contributed by atoms with E-state index in [1.807, 2.05) is 4.90 Å². The number of ether oxygens (including phenoxy) is 1. The van der Waals surface area contributed by atoms with E-state index in [-0.39, 0.29) is 30.4 Å². The van der Waals surface area contributed by atoms with E-state index in [0.29, 0.717) is 35.2 Å². The second kappa shape index (κ2) is 10.9. The van der Waals surface area contributed by atoms with Crippen molar-refractivity contribution >= 4 is 39.1 Å². The number of sulfonamides is 1. The molecule has 2 aromatic carbocycles. The van der Waals surface area contributed by atoms with Crippen molar-refractivity contribution in [2.75, 3.05) is 32.8 Å². The van der Waals surface area contributed by atoms with Gasteiger partial charge in [-0.05, 0) is 74.6 Å². The minimum atomic E-state index is -3.75. The summed E-state index contributed by atoms with van der Waals surface area (Å²) in [5, 5.41) is 0.981. The van der Waals surface area contributed by atoms with Gasteiger partial charge >= 0.3 is 0 Å². The second-order valence-corrected chi connectivity index (χ2v) is 12.1. The molecular formula is C25H30Cl2N2O4S. The van der Waals surface area contributed by atoms with E-state index in [2.05, 4.69) is 0 Å². The third-order valence-corrected chi connectivity index (χ3v) is 8.98. The molecule has 0 aliphatic carbocycles. The molecule has 34 heavy (non-hydrogen) atoms. The fourth-order valence-corrected chi connectivity index (χ4v) is 6.82. The maximum atomic E-state index is 13.4. The summed E-state index contributed by atoms with van der Waals surface area (Å²) in [5.74, 6) is 0.713. The molecule has 2 saturated heterocycles. The number of carbonyl (C=O) groups excluding carboxylic acids is 1. The Balaban J connectivity index is 1.58. The van der Waals surface area contributed by atoms with E-state index in [1.54, 1.807) is 42.5 Å².